The molecule has 3 rings (SSSR count). The average Bonchev–Trinajstić information content (AvgIpc) is 3.16. The molecule has 2 aromatic carbocycles. The van der Waals surface area contributed by atoms with E-state index in [0.29, 0.717) is 18.9 Å². The summed E-state index contributed by atoms with van der Waals surface area (Å²) in [5.74, 6) is 1.34. The fourth-order valence-corrected chi connectivity index (χ4v) is 3.39. The highest BCUT2D eigenvalue weighted by Crippen LogP contribution is 2.26. The highest BCUT2D eigenvalue weighted by molar-refractivity contribution is 5.76. The van der Waals surface area contributed by atoms with E-state index in [0.717, 1.165) is 30.8 Å². The second-order valence-corrected chi connectivity index (χ2v) is 6.83. The van der Waals surface area contributed by atoms with Crippen LogP contribution in [-0.4, -0.2) is 32.7 Å². The minimum Gasteiger partial charge on any atom is -0.497 e. The molecule has 0 aliphatic carbocycles. The van der Waals surface area contributed by atoms with E-state index in [-0.39, 0.29) is 11.9 Å². The number of nitrogens with one attached hydrogen (secondary N) is 1. The molecular formula is C21H27N3O2. The zero-order chi connectivity index (χ0) is 18.4. The van der Waals surface area contributed by atoms with Crippen molar-refractivity contribution in [2.75, 3.05) is 31.6 Å². The molecule has 1 amide bonds. The quantitative estimate of drug-likeness (QED) is 0.803. The first-order valence-corrected chi connectivity index (χ1v) is 9.12. The minimum absolute atomic E-state index is 0.0150. The molecule has 0 aromatic heterocycles. The fourth-order valence-electron chi connectivity index (χ4n) is 3.39. The van der Waals surface area contributed by atoms with Gasteiger partial charge < -0.3 is 20.7 Å². The maximum Gasteiger partial charge on any atom is 0.221 e. The molecule has 0 radical (unpaired) electrons. The molecule has 0 bridgehead atoms. The molecule has 1 heterocycles. The Morgan fingerprint density at radius 3 is 2.85 bits per heavy atom. The van der Waals surface area contributed by atoms with Gasteiger partial charge in [0.2, 0.25) is 5.91 Å². The largest absolute Gasteiger partial charge is 0.497 e. The summed E-state index contributed by atoms with van der Waals surface area (Å²) in [6, 6.07) is 17.6. The van der Waals surface area contributed by atoms with Crippen LogP contribution in [0, 0.1) is 5.92 Å². The van der Waals surface area contributed by atoms with E-state index in [1.807, 2.05) is 42.5 Å². The number of carbonyl (C=O) groups is 1. The lowest BCUT2D eigenvalue weighted by Crippen LogP contribution is -2.32. The number of methoxy groups -OCH3 is 1. The van der Waals surface area contributed by atoms with E-state index < -0.39 is 0 Å². The Morgan fingerprint density at radius 1 is 1.27 bits per heavy atom. The normalized spacial score (nSPS) is 17.8. The zero-order valence-corrected chi connectivity index (χ0v) is 15.2. The van der Waals surface area contributed by atoms with E-state index >= 15 is 0 Å². The molecule has 1 fully saturated rings. The molecule has 0 spiro atoms. The summed E-state index contributed by atoms with van der Waals surface area (Å²) in [5.41, 5.74) is 8.29. The van der Waals surface area contributed by atoms with Crippen LogP contribution in [0.1, 0.15) is 24.4 Å². The second-order valence-electron chi connectivity index (χ2n) is 6.83. The fraction of sp³-hybridized carbons (Fsp3) is 0.381. The standard InChI is InChI=1S/C21H27N3O2/c1-26-19-9-5-8-18(12-19)24-11-10-16(15-24)14-23-21(25)13-20(22)17-6-3-2-4-7-17/h2-9,12,16,20H,10-11,13-15,22H2,1H3,(H,23,25). The van der Waals surface area contributed by atoms with E-state index in [2.05, 4.69) is 22.3 Å². The van der Waals surface area contributed by atoms with Crippen LogP contribution in [0.5, 0.6) is 5.75 Å². The van der Waals surface area contributed by atoms with Crippen LogP contribution in [0.25, 0.3) is 0 Å². The number of ether oxygens (including phenoxy) is 1. The van der Waals surface area contributed by atoms with Crippen LogP contribution in [0.4, 0.5) is 5.69 Å². The lowest BCUT2D eigenvalue weighted by atomic mass is 10.0. The van der Waals surface area contributed by atoms with Gasteiger partial charge in [0, 0.05) is 43.9 Å². The van der Waals surface area contributed by atoms with Gasteiger partial charge in [-0.1, -0.05) is 36.4 Å². The van der Waals surface area contributed by atoms with Crippen molar-refractivity contribution >= 4 is 11.6 Å². The third-order valence-electron chi connectivity index (χ3n) is 4.93. The summed E-state index contributed by atoms with van der Waals surface area (Å²) in [4.78, 5) is 14.5. The van der Waals surface area contributed by atoms with Gasteiger partial charge in [-0.2, -0.15) is 0 Å². The van der Waals surface area contributed by atoms with Gasteiger partial charge in [0.25, 0.3) is 0 Å². The van der Waals surface area contributed by atoms with Crippen LogP contribution in [0.15, 0.2) is 54.6 Å². The molecular weight excluding hydrogens is 326 g/mol. The lowest BCUT2D eigenvalue weighted by molar-refractivity contribution is -0.121. The van der Waals surface area contributed by atoms with E-state index in [9.17, 15) is 4.79 Å². The first-order chi connectivity index (χ1) is 12.7. The number of hydrogen-bond donors (Lipinski definition) is 2. The van der Waals surface area contributed by atoms with Crippen molar-refractivity contribution in [1.29, 1.82) is 0 Å². The maximum atomic E-state index is 12.2. The van der Waals surface area contributed by atoms with Gasteiger partial charge in [-0.25, -0.2) is 0 Å². The summed E-state index contributed by atoms with van der Waals surface area (Å²) in [5, 5.41) is 3.05. The predicted octanol–water partition coefficient (Wildman–Crippen LogP) is 2.73. The molecule has 138 valence electrons. The van der Waals surface area contributed by atoms with Gasteiger partial charge in [-0.05, 0) is 30.0 Å². The summed E-state index contributed by atoms with van der Waals surface area (Å²) < 4.78 is 5.30. The van der Waals surface area contributed by atoms with Crippen molar-refractivity contribution in [3.63, 3.8) is 0 Å². The van der Waals surface area contributed by atoms with Gasteiger partial charge >= 0.3 is 0 Å². The van der Waals surface area contributed by atoms with E-state index in [1.54, 1.807) is 7.11 Å². The molecule has 1 aliphatic heterocycles. The number of nitrogens with zero attached hydrogens (tertiary/aromatic N) is 1. The summed E-state index contributed by atoms with van der Waals surface area (Å²) in [6.07, 6.45) is 1.39. The van der Waals surface area contributed by atoms with Crippen LogP contribution in [0.2, 0.25) is 0 Å². The minimum atomic E-state index is -0.256. The second kappa shape index (κ2) is 8.72. The molecule has 2 atom stereocenters. The topological polar surface area (TPSA) is 67.6 Å². The SMILES string of the molecule is COc1cccc(N2CCC(CNC(=O)CC(N)c3ccccc3)C2)c1. The number of nitrogens with two attached hydrogens (primary N) is 1. The Labute approximate surface area is 155 Å². The summed E-state index contributed by atoms with van der Waals surface area (Å²) in [7, 11) is 1.68. The summed E-state index contributed by atoms with van der Waals surface area (Å²) >= 11 is 0. The van der Waals surface area contributed by atoms with Crippen LogP contribution in [-0.2, 0) is 4.79 Å². The molecule has 5 nitrogen and oxygen atoms in total. The predicted molar refractivity (Wildman–Crippen MR) is 104 cm³/mol. The highest BCUT2D eigenvalue weighted by Gasteiger charge is 2.23. The van der Waals surface area contributed by atoms with Gasteiger partial charge in [-0.15, -0.1) is 0 Å². The maximum absolute atomic E-state index is 12.2. The zero-order valence-electron chi connectivity index (χ0n) is 15.2. The molecule has 2 aromatic rings. The number of rotatable bonds is 7. The van der Waals surface area contributed by atoms with Crippen molar-refractivity contribution < 1.29 is 9.53 Å². The third-order valence-corrected chi connectivity index (χ3v) is 4.93. The Balaban J connectivity index is 1.44. The Kier molecular flexibility index (Phi) is 6.12. The van der Waals surface area contributed by atoms with Crippen molar-refractivity contribution in [1.82, 2.24) is 5.32 Å². The van der Waals surface area contributed by atoms with Gasteiger partial charge in [0.1, 0.15) is 5.75 Å². The van der Waals surface area contributed by atoms with E-state index in [4.69, 9.17) is 10.5 Å². The van der Waals surface area contributed by atoms with Gasteiger partial charge in [0.05, 0.1) is 7.11 Å². The van der Waals surface area contributed by atoms with Gasteiger partial charge in [0.15, 0.2) is 0 Å². The van der Waals surface area contributed by atoms with Gasteiger partial charge in [-0.3, -0.25) is 4.79 Å². The van der Waals surface area contributed by atoms with Crippen LogP contribution < -0.4 is 20.7 Å². The first-order valence-electron chi connectivity index (χ1n) is 9.12. The van der Waals surface area contributed by atoms with Crippen molar-refractivity contribution in [2.24, 2.45) is 11.7 Å². The number of anilines is 1. The molecule has 5 heteroatoms. The Bertz CT molecular complexity index is 720. The number of benzene rings is 2. The number of hydrogen-bond acceptors (Lipinski definition) is 4. The van der Waals surface area contributed by atoms with E-state index in [1.165, 1.54) is 5.69 Å². The van der Waals surface area contributed by atoms with Crippen LogP contribution >= 0.6 is 0 Å². The molecule has 2 unspecified atom stereocenters. The molecule has 0 saturated carbocycles. The molecule has 1 saturated heterocycles. The van der Waals surface area contributed by atoms with Crippen molar-refractivity contribution in [2.45, 2.75) is 18.9 Å². The third kappa shape index (κ3) is 4.76. The number of carbonyl (C=O) groups excluding carboxylic acids is 1. The monoisotopic (exact) mass is 353 g/mol. The van der Waals surface area contributed by atoms with Crippen LogP contribution in [0.3, 0.4) is 0 Å². The average molecular weight is 353 g/mol. The molecule has 26 heavy (non-hydrogen) atoms. The Morgan fingerprint density at radius 2 is 2.08 bits per heavy atom. The summed E-state index contributed by atoms with van der Waals surface area (Å²) in [6.45, 7) is 2.64. The van der Waals surface area contributed by atoms with Crippen molar-refractivity contribution in [3.05, 3.63) is 60.2 Å². The smallest absolute Gasteiger partial charge is 0.221 e. The molecule has 1 aliphatic rings. The number of amides is 1. The Hall–Kier alpha value is -2.53. The lowest BCUT2D eigenvalue weighted by Gasteiger charge is -2.19. The van der Waals surface area contributed by atoms with Crippen molar-refractivity contribution in [3.8, 4) is 5.75 Å². The first kappa shape index (κ1) is 18.3. The highest BCUT2D eigenvalue weighted by atomic mass is 16.5. The molecule has 3 N–H and O–H groups in total.